The van der Waals surface area contributed by atoms with E-state index in [1.165, 1.54) is 17.2 Å². The van der Waals surface area contributed by atoms with Crippen LogP contribution in [0.4, 0.5) is 0 Å². The summed E-state index contributed by atoms with van der Waals surface area (Å²) in [5.41, 5.74) is 1.32. The number of benzene rings is 1. The van der Waals surface area contributed by atoms with E-state index in [1.807, 2.05) is 6.07 Å². The molecule has 1 aromatic carbocycles. The lowest BCUT2D eigenvalue weighted by Gasteiger charge is -2.29. The van der Waals surface area contributed by atoms with Gasteiger partial charge in [0, 0.05) is 7.98 Å². The van der Waals surface area contributed by atoms with Crippen molar-refractivity contribution in [2.24, 2.45) is 5.92 Å². The largest absolute Gasteiger partial charge is 0.396 e. The number of hydrogen-bond acceptors (Lipinski definition) is 1. The topological polar surface area (TPSA) is 20.2 Å². The van der Waals surface area contributed by atoms with Gasteiger partial charge in [0.25, 0.3) is 0 Å². The van der Waals surface area contributed by atoms with Crippen LogP contribution in [0.25, 0.3) is 0 Å². The molecule has 0 saturated heterocycles. The predicted molar refractivity (Wildman–Crippen MR) is 85.5 cm³/mol. The van der Waals surface area contributed by atoms with Gasteiger partial charge in [-0.3, -0.25) is 0 Å². The maximum atomic E-state index is 9.12. The van der Waals surface area contributed by atoms with Gasteiger partial charge >= 0.3 is 0 Å². The number of hydrogen-bond donors (Lipinski definition) is 1. The lowest BCUT2D eigenvalue weighted by molar-refractivity contribution is 0.249. The van der Waals surface area contributed by atoms with Crippen molar-refractivity contribution < 1.29 is 6.48 Å². The highest BCUT2D eigenvalue weighted by Gasteiger charge is 2.26. The monoisotopic (exact) mass is 275 g/mol. The summed E-state index contributed by atoms with van der Waals surface area (Å²) >= 11 is 0. The van der Waals surface area contributed by atoms with Crippen molar-refractivity contribution in [2.45, 2.75) is 44.8 Å². The van der Waals surface area contributed by atoms with Crippen LogP contribution in [0.15, 0.2) is 42.0 Å². The van der Waals surface area contributed by atoms with E-state index in [1.54, 1.807) is 0 Å². The van der Waals surface area contributed by atoms with Gasteiger partial charge in [-0.15, -0.1) is 0 Å². The van der Waals surface area contributed by atoms with Gasteiger partial charge in [-0.2, -0.15) is 0 Å². The summed E-state index contributed by atoms with van der Waals surface area (Å²) in [5.74, 6) is 0.577. The Morgan fingerprint density at radius 1 is 1.32 bits per heavy atom. The lowest BCUT2D eigenvalue weighted by Crippen LogP contribution is -2.41. The van der Waals surface area contributed by atoms with E-state index in [-0.39, 0.29) is 12.6 Å². The van der Waals surface area contributed by atoms with Crippen molar-refractivity contribution in [3.05, 3.63) is 42.0 Å². The molecule has 2 atom stereocenters. The second-order valence-electron chi connectivity index (χ2n) is 6.17. The van der Waals surface area contributed by atoms with Crippen LogP contribution in [0.5, 0.6) is 0 Å². The molecule has 0 radical (unpaired) electrons. The average molecular weight is 275 g/mol. The van der Waals surface area contributed by atoms with E-state index in [0.29, 0.717) is 5.92 Å². The zero-order chi connectivity index (χ0) is 14.6. The lowest BCUT2D eigenvalue weighted by atomic mass is 9.87. The molecule has 0 aromatic heterocycles. The van der Waals surface area contributed by atoms with Crippen molar-refractivity contribution in [3.8, 4) is 0 Å². The molecule has 0 bridgehead atoms. The van der Waals surface area contributed by atoms with E-state index in [0.717, 1.165) is 19.3 Å². The van der Waals surface area contributed by atoms with Gasteiger partial charge in [0.2, 0.25) is 0 Å². The molecule has 1 N–H and O–H groups in total. The van der Waals surface area contributed by atoms with Gasteiger partial charge < -0.3 is 5.11 Å². The predicted octanol–water partition coefficient (Wildman–Crippen LogP) is 3.71. The average Bonchev–Trinajstić information content (AvgIpc) is 2.48. The quantitative estimate of drug-likeness (QED) is 0.641. The molecule has 0 spiro atoms. The number of rotatable bonds is 5. The van der Waals surface area contributed by atoms with Crippen molar-refractivity contribution in [1.29, 1.82) is 0 Å². The summed E-state index contributed by atoms with van der Waals surface area (Å²) in [4.78, 5) is 0. The van der Waals surface area contributed by atoms with Crippen LogP contribution in [-0.2, 0) is 0 Å². The van der Waals surface area contributed by atoms with Crippen molar-refractivity contribution in [1.82, 2.24) is 0 Å². The molecule has 0 saturated carbocycles. The van der Waals surface area contributed by atoms with Crippen LogP contribution in [0.2, 0.25) is 19.1 Å². The van der Waals surface area contributed by atoms with Crippen LogP contribution in [0.3, 0.4) is 0 Å². The Bertz CT molecular complexity index is 455. The second-order valence-corrected chi connectivity index (χ2v) is 10.5. The van der Waals surface area contributed by atoms with Gasteiger partial charge in [-0.1, -0.05) is 60.3 Å². The molecule has 0 unspecified atom stereocenters. The molecule has 1 aliphatic rings. The first kappa shape index (κ1) is 13.1. The minimum absolute atomic E-state index is 0.0635. The molecule has 2 rings (SSSR count). The van der Waals surface area contributed by atoms with Crippen molar-refractivity contribution in [2.75, 3.05) is 6.61 Å². The standard InChI is InChI=1S/C17H26OSi/c1-19(2,17-9-4-3-5-10-17)14-16-8-6-7-15(13-16)11-12-18/h3-5,8-10,15,18H,6-7,11-14H2,1-2H3/t15-/m0/s1/i14D/t14-,15+/m1. The Balaban J connectivity index is 2.14. The molecule has 0 aliphatic heterocycles. The minimum atomic E-state index is -1.79. The molecular weight excluding hydrogens is 248 g/mol. The summed E-state index contributed by atoms with van der Waals surface area (Å²) in [6.45, 7) is 4.88. The number of aliphatic hydroxyl groups excluding tert-OH is 1. The fourth-order valence-corrected chi connectivity index (χ4v) is 5.37. The first-order chi connectivity index (χ1) is 9.55. The highest BCUT2D eigenvalue weighted by Crippen LogP contribution is 2.31. The van der Waals surface area contributed by atoms with E-state index >= 15 is 0 Å². The van der Waals surface area contributed by atoms with Crippen molar-refractivity contribution >= 4 is 13.3 Å². The maximum Gasteiger partial charge on any atom is 0.0845 e. The van der Waals surface area contributed by atoms with Crippen LogP contribution < -0.4 is 5.19 Å². The minimum Gasteiger partial charge on any atom is -0.396 e. The molecule has 104 valence electrons. The van der Waals surface area contributed by atoms with Gasteiger partial charge in [-0.25, -0.2) is 0 Å². The van der Waals surface area contributed by atoms with E-state index in [2.05, 4.69) is 43.4 Å². The molecule has 0 fully saturated rings. The van der Waals surface area contributed by atoms with Gasteiger partial charge in [-0.05, 0) is 37.6 Å². The van der Waals surface area contributed by atoms with Crippen LogP contribution in [0, 0.1) is 5.92 Å². The van der Waals surface area contributed by atoms with Gasteiger partial charge in [0.15, 0.2) is 0 Å². The second kappa shape index (κ2) is 6.53. The molecule has 0 amide bonds. The molecule has 1 aliphatic carbocycles. The molecule has 1 aromatic rings. The normalized spacial score (nSPS) is 22.6. The third kappa shape index (κ3) is 4.05. The number of allylic oxidation sites excluding steroid dienone is 2. The van der Waals surface area contributed by atoms with E-state index < -0.39 is 8.07 Å². The summed E-state index contributed by atoms with van der Waals surface area (Å²) in [6.07, 6.45) is 6.44. The summed E-state index contributed by atoms with van der Waals surface area (Å²) in [6, 6.07) is 10.5. The van der Waals surface area contributed by atoms with E-state index in [4.69, 9.17) is 6.48 Å². The number of aliphatic hydroxyl groups is 1. The maximum absolute atomic E-state index is 9.12. The Labute approximate surface area is 119 Å². The van der Waals surface area contributed by atoms with Crippen molar-refractivity contribution in [3.63, 3.8) is 0 Å². The summed E-state index contributed by atoms with van der Waals surface area (Å²) in [7, 11) is -1.79. The van der Waals surface area contributed by atoms with Gasteiger partial charge in [0.05, 0.1) is 8.07 Å². The highest BCUT2D eigenvalue weighted by molar-refractivity contribution is 6.90. The van der Waals surface area contributed by atoms with Crippen LogP contribution in [-0.4, -0.2) is 19.8 Å². The Hall–Kier alpha value is -0.863. The van der Waals surface area contributed by atoms with Gasteiger partial charge in [0.1, 0.15) is 0 Å². The first-order valence-electron chi connectivity index (χ1n) is 7.91. The first-order valence-corrected chi connectivity index (χ1v) is 10.4. The molecule has 0 heterocycles. The third-order valence-electron chi connectivity index (χ3n) is 4.11. The smallest absolute Gasteiger partial charge is 0.0845 e. The zero-order valence-corrected chi connectivity index (χ0v) is 13.1. The third-order valence-corrected chi connectivity index (χ3v) is 7.02. The highest BCUT2D eigenvalue weighted by atomic mass is 28.3. The molecule has 19 heavy (non-hydrogen) atoms. The fraction of sp³-hybridized carbons (Fsp3) is 0.529. The van der Waals surface area contributed by atoms with Crippen LogP contribution in [0.1, 0.15) is 27.1 Å². The van der Waals surface area contributed by atoms with E-state index in [9.17, 15) is 0 Å². The molecule has 2 heteroatoms. The summed E-state index contributed by atoms with van der Waals surface area (Å²) in [5, 5.41) is 10.5. The molecule has 1 nitrogen and oxygen atoms in total. The Morgan fingerprint density at radius 2 is 2.05 bits per heavy atom. The summed E-state index contributed by atoms with van der Waals surface area (Å²) < 4.78 is 8.76. The Kier molecular flexibility index (Phi) is 4.52. The Morgan fingerprint density at radius 3 is 2.74 bits per heavy atom. The SMILES string of the molecule is [2H][C@H](C1=CCC[C@@H](CCO)C1)[Si](C)(C)c1ccccc1. The molecular formula is C17H26OSi. The zero-order valence-electron chi connectivity index (χ0n) is 13.1. The fourth-order valence-electron chi connectivity index (χ4n) is 2.98. The van der Waals surface area contributed by atoms with Crippen LogP contribution >= 0.6 is 0 Å².